The lowest BCUT2D eigenvalue weighted by molar-refractivity contribution is -0.140. The number of anilines is 1. The van der Waals surface area contributed by atoms with Crippen LogP contribution in [0.3, 0.4) is 0 Å². The molecule has 0 radical (unpaired) electrons. The molecule has 1 saturated heterocycles. The highest BCUT2D eigenvalue weighted by molar-refractivity contribution is 5.94. The summed E-state index contributed by atoms with van der Waals surface area (Å²) in [6.45, 7) is 3.37. The first-order valence-electron chi connectivity index (χ1n) is 8.83. The van der Waals surface area contributed by atoms with Gasteiger partial charge in [-0.25, -0.2) is 0 Å². The molecule has 1 N–H and O–H groups in total. The van der Waals surface area contributed by atoms with Crippen molar-refractivity contribution in [3.8, 4) is 5.75 Å². The van der Waals surface area contributed by atoms with Gasteiger partial charge in [-0.05, 0) is 50.3 Å². The van der Waals surface area contributed by atoms with E-state index < -0.39 is 0 Å². The zero-order valence-corrected chi connectivity index (χ0v) is 14.5. The number of amides is 2. The van der Waals surface area contributed by atoms with Gasteiger partial charge in [0, 0.05) is 24.9 Å². The maximum atomic E-state index is 12.6. The quantitative estimate of drug-likeness (QED) is 0.923. The van der Waals surface area contributed by atoms with Gasteiger partial charge in [-0.3, -0.25) is 9.59 Å². The molecular weight excluding hydrogens is 304 g/mol. The second-order valence-electron chi connectivity index (χ2n) is 6.92. The van der Waals surface area contributed by atoms with Crippen LogP contribution in [0.15, 0.2) is 18.2 Å². The topological polar surface area (TPSA) is 58.6 Å². The first-order chi connectivity index (χ1) is 11.6. The monoisotopic (exact) mass is 330 g/mol. The SMILES string of the molecule is COc1ccc(C)cc1NC(=O)C1CCN(C(=O)C2CCC2)CC1. The van der Waals surface area contributed by atoms with Crippen molar-refractivity contribution in [2.75, 3.05) is 25.5 Å². The van der Waals surface area contributed by atoms with Gasteiger partial charge in [0.2, 0.25) is 11.8 Å². The predicted octanol–water partition coefficient (Wildman–Crippen LogP) is 2.98. The normalized spacial score (nSPS) is 18.8. The van der Waals surface area contributed by atoms with Crippen LogP contribution >= 0.6 is 0 Å². The average molecular weight is 330 g/mol. The number of carbonyl (C=O) groups excluding carboxylic acids is 2. The Kier molecular flexibility index (Phi) is 5.07. The zero-order chi connectivity index (χ0) is 17.1. The van der Waals surface area contributed by atoms with E-state index in [2.05, 4.69) is 5.32 Å². The van der Waals surface area contributed by atoms with Gasteiger partial charge in [-0.15, -0.1) is 0 Å². The molecule has 0 unspecified atom stereocenters. The molecule has 2 aliphatic rings. The number of benzene rings is 1. The summed E-state index contributed by atoms with van der Waals surface area (Å²) in [5.74, 6) is 1.19. The van der Waals surface area contributed by atoms with E-state index in [4.69, 9.17) is 4.74 Å². The van der Waals surface area contributed by atoms with Crippen LogP contribution in [0.5, 0.6) is 5.75 Å². The third kappa shape index (κ3) is 3.55. The number of nitrogens with zero attached hydrogens (tertiary/aromatic N) is 1. The summed E-state index contributed by atoms with van der Waals surface area (Å²) < 4.78 is 5.31. The Balaban J connectivity index is 1.55. The lowest BCUT2D eigenvalue weighted by Crippen LogP contribution is -2.45. The fourth-order valence-corrected chi connectivity index (χ4v) is 3.43. The van der Waals surface area contributed by atoms with E-state index in [1.54, 1.807) is 7.11 Å². The number of likely N-dealkylation sites (tertiary alicyclic amines) is 1. The van der Waals surface area contributed by atoms with Crippen molar-refractivity contribution in [2.45, 2.75) is 39.0 Å². The summed E-state index contributed by atoms with van der Waals surface area (Å²) in [7, 11) is 1.60. The van der Waals surface area contributed by atoms with Crippen LogP contribution in [0.1, 0.15) is 37.7 Å². The Labute approximate surface area is 143 Å². The van der Waals surface area contributed by atoms with E-state index in [1.165, 1.54) is 6.42 Å². The minimum atomic E-state index is -0.0411. The third-order valence-corrected chi connectivity index (χ3v) is 5.24. The van der Waals surface area contributed by atoms with E-state index in [-0.39, 0.29) is 17.7 Å². The Bertz CT molecular complexity index is 617. The molecule has 5 heteroatoms. The van der Waals surface area contributed by atoms with Crippen molar-refractivity contribution in [1.82, 2.24) is 4.90 Å². The van der Waals surface area contributed by atoms with Gasteiger partial charge in [0.25, 0.3) is 0 Å². The van der Waals surface area contributed by atoms with Crippen LogP contribution in [0, 0.1) is 18.8 Å². The third-order valence-electron chi connectivity index (χ3n) is 5.24. The van der Waals surface area contributed by atoms with Gasteiger partial charge < -0.3 is 15.0 Å². The second-order valence-corrected chi connectivity index (χ2v) is 6.92. The number of ether oxygens (including phenoxy) is 1. The number of carbonyl (C=O) groups is 2. The highest BCUT2D eigenvalue weighted by Gasteiger charge is 2.33. The van der Waals surface area contributed by atoms with Gasteiger partial charge in [-0.2, -0.15) is 0 Å². The standard InChI is InChI=1S/C19H26N2O3/c1-13-6-7-17(24-2)16(12-13)20-18(22)14-8-10-21(11-9-14)19(23)15-4-3-5-15/h6-7,12,14-15H,3-5,8-11H2,1-2H3,(H,20,22). The lowest BCUT2D eigenvalue weighted by atomic mass is 9.83. The van der Waals surface area contributed by atoms with Crippen LogP contribution in [0.4, 0.5) is 5.69 Å². The summed E-state index contributed by atoms with van der Waals surface area (Å²) in [4.78, 5) is 26.8. The highest BCUT2D eigenvalue weighted by atomic mass is 16.5. The lowest BCUT2D eigenvalue weighted by Gasteiger charge is -2.36. The summed E-state index contributed by atoms with van der Waals surface area (Å²) in [6.07, 6.45) is 4.71. The summed E-state index contributed by atoms with van der Waals surface area (Å²) in [5, 5.41) is 2.99. The van der Waals surface area contributed by atoms with Crippen molar-refractivity contribution >= 4 is 17.5 Å². The molecule has 1 saturated carbocycles. The molecule has 130 valence electrons. The van der Waals surface area contributed by atoms with Gasteiger partial charge in [0.05, 0.1) is 12.8 Å². The van der Waals surface area contributed by atoms with E-state index in [1.807, 2.05) is 30.0 Å². The predicted molar refractivity (Wildman–Crippen MR) is 93.0 cm³/mol. The van der Waals surface area contributed by atoms with E-state index in [9.17, 15) is 9.59 Å². The van der Waals surface area contributed by atoms with Crippen molar-refractivity contribution in [3.05, 3.63) is 23.8 Å². The molecule has 0 spiro atoms. The van der Waals surface area contributed by atoms with Gasteiger partial charge in [0.15, 0.2) is 0 Å². The smallest absolute Gasteiger partial charge is 0.227 e. The molecular formula is C19H26N2O3. The minimum absolute atomic E-state index is 0.0228. The molecule has 2 fully saturated rings. The molecule has 0 aromatic heterocycles. The van der Waals surface area contributed by atoms with Crippen molar-refractivity contribution in [2.24, 2.45) is 11.8 Å². The van der Waals surface area contributed by atoms with Gasteiger partial charge in [0.1, 0.15) is 5.75 Å². The molecule has 24 heavy (non-hydrogen) atoms. The number of aryl methyl sites for hydroxylation is 1. The number of rotatable bonds is 4. The van der Waals surface area contributed by atoms with E-state index >= 15 is 0 Å². The largest absolute Gasteiger partial charge is 0.495 e. The number of piperidine rings is 1. The number of nitrogens with one attached hydrogen (secondary N) is 1. The molecule has 2 amide bonds. The Morgan fingerprint density at radius 1 is 1.12 bits per heavy atom. The first-order valence-corrected chi connectivity index (χ1v) is 8.83. The Hall–Kier alpha value is -2.04. The molecule has 5 nitrogen and oxygen atoms in total. The van der Waals surface area contributed by atoms with Crippen LogP contribution in [0.2, 0.25) is 0 Å². The second kappa shape index (κ2) is 7.24. The van der Waals surface area contributed by atoms with Crippen LogP contribution in [-0.2, 0) is 9.59 Å². The Morgan fingerprint density at radius 2 is 1.83 bits per heavy atom. The molecule has 1 heterocycles. The molecule has 1 aromatic carbocycles. The molecule has 0 atom stereocenters. The number of hydrogen-bond donors (Lipinski definition) is 1. The summed E-state index contributed by atoms with van der Waals surface area (Å²) >= 11 is 0. The molecule has 1 aliphatic carbocycles. The van der Waals surface area contributed by atoms with Crippen LogP contribution in [0.25, 0.3) is 0 Å². The maximum absolute atomic E-state index is 12.6. The maximum Gasteiger partial charge on any atom is 0.227 e. The van der Waals surface area contributed by atoms with Gasteiger partial charge >= 0.3 is 0 Å². The fourth-order valence-electron chi connectivity index (χ4n) is 3.43. The summed E-state index contributed by atoms with van der Waals surface area (Å²) in [6, 6.07) is 5.75. The van der Waals surface area contributed by atoms with E-state index in [0.717, 1.165) is 36.9 Å². The first kappa shape index (κ1) is 16.8. The van der Waals surface area contributed by atoms with Crippen molar-refractivity contribution < 1.29 is 14.3 Å². The average Bonchev–Trinajstić information content (AvgIpc) is 2.53. The van der Waals surface area contributed by atoms with Crippen LogP contribution in [-0.4, -0.2) is 36.9 Å². The zero-order valence-electron chi connectivity index (χ0n) is 14.5. The van der Waals surface area contributed by atoms with Crippen molar-refractivity contribution in [1.29, 1.82) is 0 Å². The highest BCUT2D eigenvalue weighted by Crippen LogP contribution is 2.31. The fraction of sp³-hybridized carbons (Fsp3) is 0.579. The minimum Gasteiger partial charge on any atom is -0.495 e. The van der Waals surface area contributed by atoms with E-state index in [0.29, 0.717) is 24.7 Å². The Morgan fingerprint density at radius 3 is 2.42 bits per heavy atom. The number of methoxy groups -OCH3 is 1. The van der Waals surface area contributed by atoms with Gasteiger partial charge in [-0.1, -0.05) is 12.5 Å². The molecule has 0 bridgehead atoms. The van der Waals surface area contributed by atoms with Crippen molar-refractivity contribution in [3.63, 3.8) is 0 Å². The summed E-state index contributed by atoms with van der Waals surface area (Å²) in [5.41, 5.74) is 1.79. The van der Waals surface area contributed by atoms with Crippen LogP contribution < -0.4 is 10.1 Å². The molecule has 3 rings (SSSR count). The molecule has 1 aliphatic heterocycles. The molecule has 1 aromatic rings. The number of hydrogen-bond acceptors (Lipinski definition) is 3.